The summed E-state index contributed by atoms with van der Waals surface area (Å²) in [5.41, 5.74) is 1.67. The molecule has 9 nitrogen and oxygen atoms in total. The molecule has 1 N–H and O–H groups in total. The zero-order valence-corrected chi connectivity index (χ0v) is 19.9. The largest absolute Gasteiger partial charge is 0.323 e. The Bertz CT molecular complexity index is 1500. The number of sulfonamides is 1. The zero-order valence-electron chi connectivity index (χ0n) is 19.0. The number of benzene rings is 3. The molecule has 0 atom stereocenters. The first-order valence-electron chi connectivity index (χ1n) is 11.1. The van der Waals surface area contributed by atoms with Gasteiger partial charge in [0, 0.05) is 23.6 Å². The van der Waals surface area contributed by atoms with Gasteiger partial charge in [-0.25, -0.2) is 18.1 Å². The number of nitro groups is 1. The van der Waals surface area contributed by atoms with Gasteiger partial charge in [0.2, 0.25) is 0 Å². The third kappa shape index (κ3) is 5.22. The van der Waals surface area contributed by atoms with Crippen molar-refractivity contribution in [3.8, 4) is 0 Å². The van der Waals surface area contributed by atoms with E-state index in [9.17, 15) is 23.3 Å². The molecule has 0 unspecified atom stereocenters. The van der Waals surface area contributed by atoms with E-state index < -0.39 is 20.9 Å². The first-order chi connectivity index (χ1) is 16.8. The van der Waals surface area contributed by atoms with E-state index in [1.54, 1.807) is 6.07 Å². The molecule has 0 aliphatic carbocycles. The summed E-state index contributed by atoms with van der Waals surface area (Å²) >= 11 is 0. The van der Waals surface area contributed by atoms with Crippen LogP contribution in [0, 0.1) is 10.1 Å². The fraction of sp³-hybridized carbons (Fsp3) is 0.200. The van der Waals surface area contributed by atoms with E-state index in [-0.39, 0.29) is 22.7 Å². The van der Waals surface area contributed by atoms with E-state index in [4.69, 9.17) is 4.98 Å². The molecular weight excluding hydrogens is 468 g/mol. The number of para-hydroxylation sites is 2. The van der Waals surface area contributed by atoms with E-state index in [1.807, 2.05) is 33.6 Å². The lowest BCUT2D eigenvalue weighted by atomic mass is 10.1. The van der Waals surface area contributed by atoms with Gasteiger partial charge in [0.15, 0.2) is 0 Å². The first-order valence-corrected chi connectivity index (χ1v) is 12.6. The van der Waals surface area contributed by atoms with E-state index >= 15 is 0 Å². The van der Waals surface area contributed by atoms with E-state index in [2.05, 4.69) is 6.92 Å². The molecule has 0 saturated heterocycles. The lowest BCUT2D eigenvalue weighted by Crippen LogP contribution is -2.30. The number of fused-ring (bicyclic) bond motifs is 1. The Kier molecular flexibility index (Phi) is 6.92. The molecule has 10 heteroatoms. The average molecular weight is 493 g/mol. The number of aryl methyl sites for hydroxylation is 1. The topological polar surface area (TPSA) is 124 Å². The Morgan fingerprint density at radius 2 is 1.77 bits per heavy atom. The summed E-state index contributed by atoms with van der Waals surface area (Å²) in [6.45, 7) is 2.28. The van der Waals surface area contributed by atoms with Gasteiger partial charge in [0.05, 0.1) is 27.4 Å². The molecule has 1 aromatic heterocycles. The lowest BCUT2D eigenvalue weighted by Gasteiger charge is -2.11. The highest BCUT2D eigenvalue weighted by atomic mass is 32.2. The number of hydrogen-bond acceptors (Lipinski definition) is 6. The van der Waals surface area contributed by atoms with Crippen molar-refractivity contribution in [2.45, 2.75) is 37.6 Å². The average Bonchev–Trinajstić information content (AvgIpc) is 3.20. The highest BCUT2D eigenvalue weighted by Crippen LogP contribution is 2.25. The lowest BCUT2D eigenvalue weighted by molar-refractivity contribution is -0.385. The van der Waals surface area contributed by atoms with Gasteiger partial charge in [-0.15, -0.1) is 0 Å². The van der Waals surface area contributed by atoms with Crippen LogP contribution in [0.4, 0.5) is 5.69 Å². The van der Waals surface area contributed by atoms with Crippen LogP contribution in [0.5, 0.6) is 0 Å². The molecule has 0 saturated carbocycles. The normalized spacial score (nSPS) is 11.5. The minimum atomic E-state index is -4.11. The van der Waals surface area contributed by atoms with Gasteiger partial charge < -0.3 is 4.57 Å². The standard InChI is InChI=1S/C25H24N4O5S/c1-2-3-13-24-26-21-11-7-8-12-22(21)28(24)17-19-15-14-18(16-23(19)29(31)32)25(30)27-35(33,34)20-9-5-4-6-10-20/h4-12,14-16H,2-3,13,17H2,1H3,(H,27,30). The molecule has 4 aromatic rings. The molecule has 1 amide bonds. The summed E-state index contributed by atoms with van der Waals surface area (Å²) in [5, 5.41) is 11.9. The summed E-state index contributed by atoms with van der Waals surface area (Å²) in [6.07, 6.45) is 2.65. The molecule has 0 fully saturated rings. The number of amides is 1. The van der Waals surface area contributed by atoms with Crippen molar-refractivity contribution in [3.63, 3.8) is 0 Å². The van der Waals surface area contributed by atoms with Crippen molar-refractivity contribution in [2.75, 3.05) is 0 Å². The van der Waals surface area contributed by atoms with Gasteiger partial charge in [0.1, 0.15) is 5.82 Å². The van der Waals surface area contributed by atoms with Gasteiger partial charge in [-0.2, -0.15) is 0 Å². The molecule has 180 valence electrons. The SMILES string of the molecule is CCCCc1nc2ccccc2n1Cc1ccc(C(=O)NS(=O)(=O)c2ccccc2)cc1[N+](=O)[O-]. The van der Waals surface area contributed by atoms with Crippen molar-refractivity contribution >= 4 is 32.7 Å². The smallest absolute Gasteiger partial charge is 0.275 e. The summed E-state index contributed by atoms with van der Waals surface area (Å²) in [5.74, 6) is -0.113. The molecule has 0 radical (unpaired) electrons. The number of unbranched alkanes of at least 4 members (excludes halogenated alkanes) is 1. The number of hydrogen-bond donors (Lipinski definition) is 1. The van der Waals surface area contributed by atoms with Gasteiger partial charge in [-0.05, 0) is 42.8 Å². The Balaban J connectivity index is 1.66. The summed E-state index contributed by atoms with van der Waals surface area (Å²) < 4.78 is 28.9. The van der Waals surface area contributed by atoms with Crippen LogP contribution in [0.15, 0.2) is 77.7 Å². The third-order valence-electron chi connectivity index (χ3n) is 5.64. The number of carbonyl (C=O) groups excluding carboxylic acids is 1. The highest BCUT2D eigenvalue weighted by Gasteiger charge is 2.23. The Morgan fingerprint density at radius 1 is 1.06 bits per heavy atom. The molecule has 4 rings (SSSR count). The maximum absolute atomic E-state index is 12.7. The first kappa shape index (κ1) is 24.1. The van der Waals surface area contributed by atoms with Crippen LogP contribution >= 0.6 is 0 Å². The van der Waals surface area contributed by atoms with Crippen molar-refractivity contribution in [1.82, 2.24) is 14.3 Å². The van der Waals surface area contributed by atoms with Gasteiger partial charge in [-0.3, -0.25) is 14.9 Å². The molecule has 0 spiro atoms. The molecule has 0 aliphatic rings. The molecule has 0 aliphatic heterocycles. The van der Waals surface area contributed by atoms with Crippen molar-refractivity contribution in [1.29, 1.82) is 0 Å². The van der Waals surface area contributed by atoms with Crippen molar-refractivity contribution in [3.05, 3.63) is 99.9 Å². The highest BCUT2D eigenvalue weighted by molar-refractivity contribution is 7.90. The van der Waals surface area contributed by atoms with Gasteiger partial charge in [0.25, 0.3) is 21.6 Å². The van der Waals surface area contributed by atoms with Crippen LogP contribution in [0.2, 0.25) is 0 Å². The number of carbonyl (C=O) groups is 1. The van der Waals surface area contributed by atoms with Crippen LogP contribution in [-0.4, -0.2) is 28.8 Å². The second-order valence-electron chi connectivity index (χ2n) is 8.05. The van der Waals surface area contributed by atoms with E-state index in [0.717, 1.165) is 42.2 Å². The summed E-state index contributed by atoms with van der Waals surface area (Å²) in [7, 11) is -4.11. The molecule has 3 aromatic carbocycles. The van der Waals surface area contributed by atoms with E-state index in [0.29, 0.717) is 5.56 Å². The van der Waals surface area contributed by atoms with Crippen LogP contribution in [0.1, 0.15) is 41.5 Å². The third-order valence-corrected chi connectivity index (χ3v) is 6.99. The molecule has 35 heavy (non-hydrogen) atoms. The number of aromatic nitrogens is 2. The number of imidazole rings is 1. The van der Waals surface area contributed by atoms with Crippen molar-refractivity contribution in [2.24, 2.45) is 0 Å². The van der Waals surface area contributed by atoms with Crippen LogP contribution in [0.25, 0.3) is 11.0 Å². The predicted octanol–water partition coefficient (Wildman–Crippen LogP) is 4.45. The Morgan fingerprint density at radius 3 is 2.49 bits per heavy atom. The zero-order chi connectivity index (χ0) is 25.0. The number of rotatable bonds is 9. The number of nitro benzene ring substituents is 1. The summed E-state index contributed by atoms with van der Waals surface area (Å²) in [6, 6.07) is 19.0. The maximum atomic E-state index is 12.7. The Labute approximate surface area is 202 Å². The fourth-order valence-corrected chi connectivity index (χ4v) is 4.84. The Hall–Kier alpha value is -4.05. The summed E-state index contributed by atoms with van der Waals surface area (Å²) in [4.78, 5) is 28.6. The minimum Gasteiger partial charge on any atom is -0.323 e. The molecular formula is C25H24N4O5S. The monoisotopic (exact) mass is 492 g/mol. The number of nitrogens with zero attached hydrogens (tertiary/aromatic N) is 3. The predicted molar refractivity (Wildman–Crippen MR) is 132 cm³/mol. The van der Waals surface area contributed by atoms with Crippen LogP contribution in [-0.2, 0) is 23.0 Å². The van der Waals surface area contributed by atoms with Gasteiger partial charge >= 0.3 is 0 Å². The number of nitrogens with one attached hydrogen (secondary N) is 1. The van der Waals surface area contributed by atoms with Gasteiger partial charge in [-0.1, -0.05) is 43.7 Å². The second-order valence-corrected chi connectivity index (χ2v) is 9.74. The van der Waals surface area contributed by atoms with Crippen LogP contribution in [0.3, 0.4) is 0 Å². The van der Waals surface area contributed by atoms with Crippen molar-refractivity contribution < 1.29 is 18.1 Å². The second kappa shape index (κ2) is 10.1. The van der Waals surface area contributed by atoms with Crippen LogP contribution < -0.4 is 4.72 Å². The quantitative estimate of drug-likeness (QED) is 0.272. The maximum Gasteiger partial charge on any atom is 0.275 e. The van der Waals surface area contributed by atoms with E-state index in [1.165, 1.54) is 36.4 Å². The minimum absolute atomic E-state index is 0.0777. The fourth-order valence-electron chi connectivity index (χ4n) is 3.85. The molecule has 0 bridgehead atoms. The molecule has 1 heterocycles.